The van der Waals surface area contributed by atoms with Crippen LogP contribution in [0.2, 0.25) is 0 Å². The molecule has 5 rings (SSSR count). The molecule has 0 saturated heterocycles. The monoisotopic (exact) mass is 459 g/mol. The van der Waals surface area contributed by atoms with Crippen molar-refractivity contribution in [1.29, 1.82) is 5.26 Å². The number of hydrogen-bond acceptors (Lipinski definition) is 5. The smallest absolute Gasteiger partial charge is 0.136 e. The van der Waals surface area contributed by atoms with Crippen LogP contribution in [0.5, 0.6) is 5.75 Å². The number of allylic oxidation sites excluding steroid dienone is 1. The minimum absolute atomic E-state index is 0.200. The number of hydrogen-bond donors (Lipinski definition) is 0. The van der Waals surface area contributed by atoms with Crippen LogP contribution in [0.4, 0.5) is 0 Å². The molecule has 1 saturated carbocycles. The van der Waals surface area contributed by atoms with Crippen molar-refractivity contribution in [3.05, 3.63) is 114 Å². The first kappa shape index (κ1) is 22.5. The number of pyridine rings is 2. The van der Waals surface area contributed by atoms with Crippen LogP contribution in [0.1, 0.15) is 54.4 Å². The highest BCUT2D eigenvalue weighted by Crippen LogP contribution is 2.40. The third kappa shape index (κ3) is 5.12. The van der Waals surface area contributed by atoms with Crippen molar-refractivity contribution in [2.75, 3.05) is 0 Å². The zero-order valence-electron chi connectivity index (χ0n) is 19.3. The number of nitriles is 1. The summed E-state index contributed by atoms with van der Waals surface area (Å²) in [5, 5.41) is 10.2. The van der Waals surface area contributed by atoms with Crippen LogP contribution in [0.25, 0.3) is 10.9 Å². The van der Waals surface area contributed by atoms with Gasteiger partial charge in [0.15, 0.2) is 0 Å². The van der Waals surface area contributed by atoms with E-state index in [0.29, 0.717) is 24.2 Å². The molecule has 0 bridgehead atoms. The van der Waals surface area contributed by atoms with Crippen LogP contribution >= 0.6 is 0 Å². The maximum absolute atomic E-state index is 12.3. The number of ketones is 1. The lowest BCUT2D eigenvalue weighted by atomic mass is 9.83. The largest absolute Gasteiger partial charge is 0.485 e. The Labute approximate surface area is 204 Å². The SMILES string of the molecule is N#Cc1ccc(O[C@H](c2cccnc2)[C@@H](/C=C2\CCCC(=O)C2)c2cccc3cccnc23)cc1. The molecule has 5 nitrogen and oxygen atoms in total. The molecule has 0 aliphatic heterocycles. The second-order valence-electron chi connectivity index (χ2n) is 8.80. The number of benzene rings is 2. The van der Waals surface area contributed by atoms with E-state index in [9.17, 15) is 10.1 Å². The van der Waals surface area contributed by atoms with Gasteiger partial charge in [0.2, 0.25) is 0 Å². The van der Waals surface area contributed by atoms with E-state index in [4.69, 9.17) is 9.72 Å². The summed E-state index contributed by atoms with van der Waals surface area (Å²) in [6.07, 6.45) is 10.1. The summed E-state index contributed by atoms with van der Waals surface area (Å²) in [6, 6.07) is 23.4. The molecule has 1 aliphatic carbocycles. The van der Waals surface area contributed by atoms with E-state index in [0.717, 1.165) is 40.4 Å². The maximum Gasteiger partial charge on any atom is 0.136 e. The van der Waals surface area contributed by atoms with Gasteiger partial charge in [-0.25, -0.2) is 0 Å². The molecule has 0 N–H and O–H groups in total. The fraction of sp³-hybridized carbons (Fsp3) is 0.200. The molecule has 172 valence electrons. The van der Waals surface area contributed by atoms with Crippen LogP contribution < -0.4 is 4.74 Å². The van der Waals surface area contributed by atoms with Gasteiger partial charge in [-0.2, -0.15) is 5.26 Å². The topological polar surface area (TPSA) is 75.9 Å². The fourth-order valence-electron chi connectivity index (χ4n) is 4.72. The van der Waals surface area contributed by atoms with Gasteiger partial charge in [0.25, 0.3) is 0 Å². The molecule has 2 atom stereocenters. The van der Waals surface area contributed by atoms with Gasteiger partial charge < -0.3 is 4.74 Å². The van der Waals surface area contributed by atoms with Crippen LogP contribution in [-0.2, 0) is 4.79 Å². The second-order valence-corrected chi connectivity index (χ2v) is 8.80. The van der Waals surface area contributed by atoms with E-state index >= 15 is 0 Å². The predicted octanol–water partition coefficient (Wildman–Crippen LogP) is 6.47. The van der Waals surface area contributed by atoms with Gasteiger partial charge in [-0.3, -0.25) is 14.8 Å². The zero-order chi connectivity index (χ0) is 24.0. The van der Waals surface area contributed by atoms with E-state index in [1.165, 1.54) is 0 Å². The lowest BCUT2D eigenvalue weighted by Crippen LogP contribution is -2.18. The van der Waals surface area contributed by atoms with E-state index < -0.39 is 6.10 Å². The Kier molecular flexibility index (Phi) is 6.63. The first-order chi connectivity index (χ1) is 17.2. The molecule has 0 unspecified atom stereocenters. The number of Topliss-reactive ketones (excluding diaryl/α,β-unsaturated/α-hetero) is 1. The Hall–Kier alpha value is -4.30. The zero-order valence-corrected chi connectivity index (χ0v) is 19.3. The van der Waals surface area contributed by atoms with E-state index in [2.05, 4.69) is 35.3 Å². The highest BCUT2D eigenvalue weighted by molar-refractivity contribution is 5.83. The van der Waals surface area contributed by atoms with Crippen molar-refractivity contribution < 1.29 is 9.53 Å². The molecule has 1 aliphatic rings. The van der Waals surface area contributed by atoms with Gasteiger partial charge in [0.1, 0.15) is 17.6 Å². The minimum atomic E-state index is -0.409. The summed E-state index contributed by atoms with van der Waals surface area (Å²) in [5.41, 5.74) is 4.59. The lowest BCUT2D eigenvalue weighted by Gasteiger charge is -2.29. The van der Waals surface area contributed by atoms with Gasteiger partial charge in [-0.15, -0.1) is 0 Å². The summed E-state index contributed by atoms with van der Waals surface area (Å²) in [6.45, 7) is 0. The van der Waals surface area contributed by atoms with Crippen molar-refractivity contribution in [2.24, 2.45) is 0 Å². The molecule has 5 heteroatoms. The molecule has 2 aromatic heterocycles. The quantitative estimate of drug-likeness (QED) is 0.309. The first-order valence-electron chi connectivity index (χ1n) is 11.8. The van der Waals surface area contributed by atoms with Crippen LogP contribution in [0.15, 0.2) is 97.0 Å². The summed E-state index contributed by atoms with van der Waals surface area (Å²) in [5.74, 6) is 0.742. The van der Waals surface area contributed by atoms with Gasteiger partial charge in [-0.1, -0.05) is 42.0 Å². The number of carbonyl (C=O) groups excluding carboxylic acids is 1. The van der Waals surface area contributed by atoms with Gasteiger partial charge in [0, 0.05) is 48.3 Å². The summed E-state index contributed by atoms with van der Waals surface area (Å²) < 4.78 is 6.63. The normalized spacial score (nSPS) is 16.5. The highest BCUT2D eigenvalue weighted by Gasteiger charge is 2.29. The van der Waals surface area contributed by atoms with Gasteiger partial charge in [-0.05, 0) is 54.8 Å². The number of rotatable bonds is 6. The Morgan fingerprint density at radius 3 is 2.57 bits per heavy atom. The Bertz CT molecular complexity index is 1400. The standard InChI is InChI=1S/C30H25N3O2/c31-19-21-11-13-26(14-12-21)35-30(24-8-3-15-32-20-24)28(18-22-5-1-9-25(34)17-22)27-10-2-6-23-7-4-16-33-29(23)27/h2-4,6-8,10-16,18,20,28,30H,1,5,9,17H2/b22-18+/t28-,30+/m0/s1. The van der Waals surface area contributed by atoms with Crippen LogP contribution in [0.3, 0.4) is 0 Å². The number of nitrogens with zero attached hydrogens (tertiary/aromatic N) is 3. The average molecular weight is 460 g/mol. The highest BCUT2D eigenvalue weighted by atomic mass is 16.5. The van der Waals surface area contributed by atoms with E-state index in [1.807, 2.05) is 42.6 Å². The fourth-order valence-corrected chi connectivity index (χ4v) is 4.72. The maximum atomic E-state index is 12.3. The van der Waals surface area contributed by atoms with Crippen LogP contribution in [0, 0.1) is 11.3 Å². The van der Waals surface area contributed by atoms with E-state index in [1.54, 1.807) is 24.5 Å². The third-order valence-corrected chi connectivity index (χ3v) is 6.40. The lowest BCUT2D eigenvalue weighted by molar-refractivity contribution is -0.119. The average Bonchev–Trinajstić information content (AvgIpc) is 2.91. The minimum Gasteiger partial charge on any atom is -0.485 e. The molecule has 1 fully saturated rings. The Balaban J connectivity index is 1.66. The van der Waals surface area contributed by atoms with Crippen molar-refractivity contribution in [1.82, 2.24) is 9.97 Å². The van der Waals surface area contributed by atoms with Gasteiger partial charge >= 0.3 is 0 Å². The summed E-state index contributed by atoms with van der Waals surface area (Å²) in [4.78, 5) is 21.3. The summed E-state index contributed by atoms with van der Waals surface area (Å²) in [7, 11) is 0. The molecular weight excluding hydrogens is 434 g/mol. The number of aromatic nitrogens is 2. The Morgan fingerprint density at radius 2 is 1.80 bits per heavy atom. The molecule has 0 amide bonds. The number of ether oxygens (including phenoxy) is 1. The second kappa shape index (κ2) is 10.3. The van der Waals surface area contributed by atoms with Crippen LogP contribution in [-0.4, -0.2) is 15.8 Å². The molecule has 2 aromatic carbocycles. The molecule has 35 heavy (non-hydrogen) atoms. The molecule has 0 radical (unpaired) electrons. The number of carbonyl (C=O) groups is 1. The predicted molar refractivity (Wildman–Crippen MR) is 135 cm³/mol. The Morgan fingerprint density at radius 1 is 0.971 bits per heavy atom. The third-order valence-electron chi connectivity index (χ3n) is 6.40. The van der Waals surface area contributed by atoms with E-state index in [-0.39, 0.29) is 11.7 Å². The van der Waals surface area contributed by atoms with Crippen molar-refractivity contribution in [3.63, 3.8) is 0 Å². The molecule has 0 spiro atoms. The van der Waals surface area contributed by atoms with Crippen molar-refractivity contribution in [3.8, 4) is 11.8 Å². The van der Waals surface area contributed by atoms with Gasteiger partial charge in [0.05, 0.1) is 17.1 Å². The molecular formula is C30H25N3O2. The van der Waals surface area contributed by atoms with Crippen molar-refractivity contribution in [2.45, 2.75) is 37.7 Å². The molecule has 4 aromatic rings. The first-order valence-corrected chi connectivity index (χ1v) is 11.8. The van der Waals surface area contributed by atoms with Crippen molar-refractivity contribution >= 4 is 16.7 Å². The number of fused-ring (bicyclic) bond motifs is 1. The molecule has 2 heterocycles. The number of para-hydroxylation sites is 1. The summed E-state index contributed by atoms with van der Waals surface area (Å²) >= 11 is 0.